The van der Waals surface area contributed by atoms with Crippen molar-refractivity contribution in [2.45, 2.75) is 39.7 Å². The molecule has 0 aliphatic carbocycles. The van der Waals surface area contributed by atoms with Crippen LogP contribution in [0.5, 0.6) is 5.75 Å². The summed E-state index contributed by atoms with van der Waals surface area (Å²) in [5.41, 5.74) is 7.79. The quantitative estimate of drug-likeness (QED) is 0.798. The topological polar surface area (TPSA) is 49.5 Å². The molecule has 0 bridgehead atoms. The third-order valence-corrected chi connectivity index (χ3v) is 3.07. The van der Waals surface area contributed by atoms with Crippen molar-refractivity contribution < 1.29 is 5.11 Å². The van der Waals surface area contributed by atoms with Crippen molar-refractivity contribution in [1.29, 1.82) is 0 Å². The first kappa shape index (κ1) is 13.8. The van der Waals surface area contributed by atoms with E-state index in [1.807, 2.05) is 19.1 Å². The van der Waals surface area contributed by atoms with Crippen LogP contribution in [0.4, 0.5) is 5.69 Å². The van der Waals surface area contributed by atoms with Gasteiger partial charge in [-0.3, -0.25) is 0 Å². The normalized spacial score (nSPS) is 12.5. The Bertz CT molecular complexity index is 346. The minimum atomic E-state index is 0.178. The molecule has 1 aromatic rings. The molecule has 0 saturated carbocycles. The second-order valence-electron chi connectivity index (χ2n) is 4.50. The molecule has 17 heavy (non-hydrogen) atoms. The van der Waals surface area contributed by atoms with Gasteiger partial charge in [-0.25, -0.2) is 0 Å². The van der Waals surface area contributed by atoms with Crippen molar-refractivity contribution in [3.05, 3.63) is 23.8 Å². The summed E-state index contributed by atoms with van der Waals surface area (Å²) >= 11 is 0. The maximum atomic E-state index is 9.98. The number of nitrogens with two attached hydrogens (primary N) is 1. The molecule has 1 aromatic carbocycles. The first-order valence-corrected chi connectivity index (χ1v) is 6.40. The smallest absolute Gasteiger partial charge is 0.120 e. The van der Waals surface area contributed by atoms with Crippen molar-refractivity contribution in [2.75, 3.05) is 18.0 Å². The molecule has 1 rings (SSSR count). The van der Waals surface area contributed by atoms with Crippen LogP contribution >= 0.6 is 0 Å². The minimum absolute atomic E-state index is 0.178. The molecule has 0 saturated heterocycles. The Labute approximate surface area is 104 Å². The fourth-order valence-corrected chi connectivity index (χ4v) is 1.93. The molecule has 0 fully saturated rings. The van der Waals surface area contributed by atoms with Crippen molar-refractivity contribution in [1.82, 2.24) is 0 Å². The lowest BCUT2D eigenvalue weighted by molar-refractivity contribution is 0.465. The fraction of sp³-hybridized carbons (Fsp3) is 0.571. The molecule has 0 aliphatic heterocycles. The number of benzene rings is 1. The Morgan fingerprint density at radius 1 is 1.29 bits per heavy atom. The molecular formula is C14H24N2O. The molecule has 0 heterocycles. The molecule has 3 nitrogen and oxygen atoms in total. The number of rotatable bonds is 6. The van der Waals surface area contributed by atoms with E-state index in [2.05, 4.69) is 24.8 Å². The highest BCUT2D eigenvalue weighted by molar-refractivity contribution is 5.53. The average Bonchev–Trinajstić information content (AvgIpc) is 2.29. The molecule has 0 aromatic heterocycles. The molecule has 3 heteroatoms. The Kier molecular flexibility index (Phi) is 5.29. The van der Waals surface area contributed by atoms with Gasteiger partial charge in [0.15, 0.2) is 0 Å². The molecule has 0 radical (unpaired) electrons. The fourth-order valence-electron chi connectivity index (χ4n) is 1.93. The van der Waals surface area contributed by atoms with Crippen LogP contribution in [0.25, 0.3) is 0 Å². The maximum Gasteiger partial charge on any atom is 0.120 e. The average molecular weight is 236 g/mol. The first-order valence-electron chi connectivity index (χ1n) is 6.40. The zero-order chi connectivity index (χ0) is 12.8. The molecular weight excluding hydrogens is 212 g/mol. The van der Waals surface area contributed by atoms with E-state index in [1.54, 1.807) is 0 Å². The van der Waals surface area contributed by atoms with Gasteiger partial charge in [-0.05, 0) is 45.2 Å². The summed E-state index contributed by atoms with van der Waals surface area (Å²) in [5, 5.41) is 9.98. The number of hydrogen-bond donors (Lipinski definition) is 2. The van der Waals surface area contributed by atoms with E-state index in [4.69, 9.17) is 5.73 Å². The van der Waals surface area contributed by atoms with Gasteiger partial charge >= 0.3 is 0 Å². The highest BCUT2D eigenvalue weighted by Crippen LogP contribution is 2.25. The van der Waals surface area contributed by atoms with E-state index in [1.165, 1.54) is 0 Å². The van der Waals surface area contributed by atoms with E-state index < -0.39 is 0 Å². The molecule has 0 amide bonds. The summed E-state index contributed by atoms with van der Waals surface area (Å²) in [6.07, 6.45) is 1.74. The third-order valence-electron chi connectivity index (χ3n) is 3.07. The summed E-state index contributed by atoms with van der Waals surface area (Å²) in [6, 6.07) is 6.11. The van der Waals surface area contributed by atoms with E-state index in [0.29, 0.717) is 5.75 Å². The van der Waals surface area contributed by atoms with Gasteiger partial charge in [-0.15, -0.1) is 0 Å². The lowest BCUT2D eigenvalue weighted by atomic mass is 10.0. The number of phenolic OH excluding ortho intramolecular Hbond substituents is 1. The van der Waals surface area contributed by atoms with Crippen LogP contribution in [-0.4, -0.2) is 24.2 Å². The highest BCUT2D eigenvalue weighted by atomic mass is 16.3. The molecule has 1 atom stereocenters. The predicted octanol–water partition coefficient (Wildman–Crippen LogP) is 2.52. The zero-order valence-corrected chi connectivity index (χ0v) is 11.1. The van der Waals surface area contributed by atoms with E-state index in [9.17, 15) is 5.11 Å². The van der Waals surface area contributed by atoms with Gasteiger partial charge in [0.05, 0.1) is 0 Å². The van der Waals surface area contributed by atoms with Crippen LogP contribution in [0.1, 0.15) is 32.8 Å². The predicted molar refractivity (Wildman–Crippen MR) is 73.6 cm³/mol. The molecule has 0 aliphatic rings. The summed E-state index contributed by atoms with van der Waals surface area (Å²) in [4.78, 5) is 2.22. The van der Waals surface area contributed by atoms with Crippen LogP contribution in [0.2, 0.25) is 0 Å². The van der Waals surface area contributed by atoms with Gasteiger partial charge < -0.3 is 15.7 Å². The van der Waals surface area contributed by atoms with Gasteiger partial charge in [0.1, 0.15) is 5.75 Å². The lowest BCUT2D eigenvalue weighted by Crippen LogP contribution is -2.21. The standard InChI is InChI=1S/C14H24N2O/c1-4-16(5-2)13-9-8-12(14(17)10-13)7-6-11(3)15/h8-11,17H,4-7,15H2,1-3H3/t11-/m1/s1. The summed E-state index contributed by atoms with van der Waals surface area (Å²) in [7, 11) is 0. The number of aromatic hydroxyl groups is 1. The number of anilines is 1. The van der Waals surface area contributed by atoms with E-state index in [0.717, 1.165) is 37.2 Å². The van der Waals surface area contributed by atoms with Gasteiger partial charge in [-0.2, -0.15) is 0 Å². The van der Waals surface area contributed by atoms with Crippen LogP contribution < -0.4 is 10.6 Å². The summed E-state index contributed by atoms with van der Waals surface area (Å²) in [6.45, 7) is 8.13. The zero-order valence-electron chi connectivity index (χ0n) is 11.1. The van der Waals surface area contributed by atoms with Crippen molar-refractivity contribution in [3.8, 4) is 5.75 Å². The lowest BCUT2D eigenvalue weighted by Gasteiger charge is -2.21. The van der Waals surface area contributed by atoms with E-state index in [-0.39, 0.29) is 6.04 Å². The highest BCUT2D eigenvalue weighted by Gasteiger charge is 2.07. The molecule has 3 N–H and O–H groups in total. The van der Waals surface area contributed by atoms with Crippen molar-refractivity contribution >= 4 is 5.69 Å². The molecule has 0 spiro atoms. The Morgan fingerprint density at radius 3 is 2.41 bits per heavy atom. The van der Waals surface area contributed by atoms with Crippen LogP contribution in [0, 0.1) is 0 Å². The largest absolute Gasteiger partial charge is 0.508 e. The second-order valence-corrected chi connectivity index (χ2v) is 4.50. The molecule has 96 valence electrons. The number of nitrogens with zero attached hydrogens (tertiary/aromatic N) is 1. The summed E-state index contributed by atoms with van der Waals surface area (Å²) < 4.78 is 0. The Morgan fingerprint density at radius 2 is 1.94 bits per heavy atom. The number of phenols is 1. The van der Waals surface area contributed by atoms with Gasteiger partial charge in [-0.1, -0.05) is 6.07 Å². The van der Waals surface area contributed by atoms with Gasteiger partial charge in [0, 0.05) is 30.9 Å². The molecule has 0 unspecified atom stereocenters. The monoisotopic (exact) mass is 236 g/mol. The van der Waals surface area contributed by atoms with Crippen LogP contribution in [0.3, 0.4) is 0 Å². The first-order chi connectivity index (χ1) is 8.08. The van der Waals surface area contributed by atoms with Gasteiger partial charge in [0.25, 0.3) is 0 Å². The second kappa shape index (κ2) is 6.50. The maximum absolute atomic E-state index is 9.98. The summed E-state index contributed by atoms with van der Waals surface area (Å²) in [5.74, 6) is 0.384. The SMILES string of the molecule is CCN(CC)c1ccc(CC[C@@H](C)N)c(O)c1. The van der Waals surface area contributed by atoms with Crippen molar-refractivity contribution in [2.24, 2.45) is 5.73 Å². The van der Waals surface area contributed by atoms with Crippen LogP contribution in [-0.2, 0) is 6.42 Å². The Hall–Kier alpha value is -1.22. The minimum Gasteiger partial charge on any atom is -0.508 e. The Balaban J connectivity index is 2.78. The van der Waals surface area contributed by atoms with Gasteiger partial charge in [0.2, 0.25) is 0 Å². The third kappa shape index (κ3) is 3.93. The van der Waals surface area contributed by atoms with Crippen LogP contribution in [0.15, 0.2) is 18.2 Å². The van der Waals surface area contributed by atoms with E-state index >= 15 is 0 Å². The number of aryl methyl sites for hydroxylation is 1. The van der Waals surface area contributed by atoms with Crippen molar-refractivity contribution in [3.63, 3.8) is 0 Å². The number of hydrogen-bond acceptors (Lipinski definition) is 3.